The summed E-state index contributed by atoms with van der Waals surface area (Å²) in [5.41, 5.74) is 1.68. The number of rotatable bonds is 6. The fourth-order valence-corrected chi connectivity index (χ4v) is 2.33. The Morgan fingerprint density at radius 2 is 2.00 bits per heavy atom. The average Bonchev–Trinajstić information content (AvgIpc) is 3.06. The zero-order valence-corrected chi connectivity index (χ0v) is 13.6. The van der Waals surface area contributed by atoms with E-state index in [1.807, 2.05) is 22.9 Å². The zero-order chi connectivity index (χ0) is 16.8. The van der Waals surface area contributed by atoms with Gasteiger partial charge in [-0.1, -0.05) is 19.1 Å². The summed E-state index contributed by atoms with van der Waals surface area (Å²) in [4.78, 5) is 29.3. The first-order valence-electron chi connectivity index (χ1n) is 7.39. The van der Waals surface area contributed by atoms with Gasteiger partial charge in [-0.2, -0.15) is 0 Å². The van der Waals surface area contributed by atoms with Crippen molar-refractivity contribution in [3.8, 4) is 0 Å². The Morgan fingerprint density at radius 1 is 1.30 bits per heavy atom. The zero-order valence-electron chi connectivity index (χ0n) is 13.6. The molecule has 6 nitrogen and oxygen atoms in total. The maximum Gasteiger partial charge on any atom is 0.310 e. The SMILES string of the molecule is COC(=O)C(C)CN(C)C(=O)c1ccc(Cn2ccnc2)cc1. The molecule has 0 fully saturated rings. The smallest absolute Gasteiger partial charge is 0.310 e. The van der Waals surface area contributed by atoms with Gasteiger partial charge in [-0.15, -0.1) is 0 Å². The number of benzene rings is 1. The number of nitrogens with zero attached hydrogens (tertiary/aromatic N) is 3. The van der Waals surface area contributed by atoms with Crippen LogP contribution in [0.25, 0.3) is 0 Å². The quantitative estimate of drug-likeness (QED) is 0.763. The number of carbonyl (C=O) groups excluding carboxylic acids is 2. The Bertz CT molecular complexity index is 650. The molecule has 0 saturated heterocycles. The lowest BCUT2D eigenvalue weighted by Crippen LogP contribution is -2.34. The van der Waals surface area contributed by atoms with Crippen molar-refractivity contribution in [3.63, 3.8) is 0 Å². The number of hydrogen-bond acceptors (Lipinski definition) is 4. The van der Waals surface area contributed by atoms with Gasteiger partial charge in [0.1, 0.15) is 0 Å². The molecule has 1 amide bonds. The molecule has 2 aromatic rings. The third-order valence-electron chi connectivity index (χ3n) is 3.62. The third-order valence-corrected chi connectivity index (χ3v) is 3.62. The van der Waals surface area contributed by atoms with E-state index in [2.05, 4.69) is 9.72 Å². The maximum atomic E-state index is 12.4. The predicted octanol–water partition coefficient (Wildman–Crippen LogP) is 1.81. The molecule has 1 aromatic carbocycles. The summed E-state index contributed by atoms with van der Waals surface area (Å²) in [5, 5.41) is 0. The van der Waals surface area contributed by atoms with E-state index in [0.29, 0.717) is 18.7 Å². The molecule has 0 aliphatic rings. The highest BCUT2D eigenvalue weighted by Gasteiger charge is 2.19. The van der Waals surface area contributed by atoms with Crippen molar-refractivity contribution in [2.24, 2.45) is 5.92 Å². The molecule has 0 aliphatic carbocycles. The Balaban J connectivity index is 1.98. The first kappa shape index (κ1) is 16.7. The van der Waals surface area contributed by atoms with Crippen LogP contribution in [0.3, 0.4) is 0 Å². The normalized spacial score (nSPS) is 11.8. The third kappa shape index (κ3) is 4.42. The fraction of sp³-hybridized carbons (Fsp3) is 0.353. The predicted molar refractivity (Wildman–Crippen MR) is 85.9 cm³/mol. The van der Waals surface area contributed by atoms with Gasteiger partial charge >= 0.3 is 5.97 Å². The molecule has 6 heteroatoms. The number of amides is 1. The van der Waals surface area contributed by atoms with E-state index in [-0.39, 0.29) is 17.8 Å². The van der Waals surface area contributed by atoms with E-state index in [9.17, 15) is 9.59 Å². The number of esters is 1. The summed E-state index contributed by atoms with van der Waals surface area (Å²) in [6.45, 7) is 2.77. The van der Waals surface area contributed by atoms with Gasteiger partial charge in [0.2, 0.25) is 0 Å². The van der Waals surface area contributed by atoms with Crippen LogP contribution in [-0.4, -0.2) is 47.0 Å². The van der Waals surface area contributed by atoms with Crippen molar-refractivity contribution in [2.45, 2.75) is 13.5 Å². The first-order chi connectivity index (χ1) is 11.0. The van der Waals surface area contributed by atoms with Crippen molar-refractivity contribution in [2.75, 3.05) is 20.7 Å². The van der Waals surface area contributed by atoms with E-state index in [1.54, 1.807) is 38.6 Å². The van der Waals surface area contributed by atoms with E-state index >= 15 is 0 Å². The van der Waals surface area contributed by atoms with Gasteiger partial charge < -0.3 is 14.2 Å². The highest BCUT2D eigenvalue weighted by Crippen LogP contribution is 2.10. The van der Waals surface area contributed by atoms with Crippen molar-refractivity contribution in [1.82, 2.24) is 14.5 Å². The average molecular weight is 315 g/mol. The first-order valence-corrected chi connectivity index (χ1v) is 7.39. The summed E-state index contributed by atoms with van der Waals surface area (Å²) in [7, 11) is 3.03. The van der Waals surface area contributed by atoms with Crippen LogP contribution in [0.5, 0.6) is 0 Å². The van der Waals surface area contributed by atoms with Gasteiger partial charge in [-0.3, -0.25) is 9.59 Å². The highest BCUT2D eigenvalue weighted by atomic mass is 16.5. The van der Waals surface area contributed by atoms with Gasteiger partial charge in [-0.05, 0) is 17.7 Å². The molecule has 0 bridgehead atoms. The van der Waals surface area contributed by atoms with E-state index in [1.165, 1.54) is 12.0 Å². The number of methoxy groups -OCH3 is 1. The minimum atomic E-state index is -0.352. The number of aromatic nitrogens is 2. The second-order valence-corrected chi connectivity index (χ2v) is 5.54. The topological polar surface area (TPSA) is 64.4 Å². The lowest BCUT2D eigenvalue weighted by atomic mass is 10.1. The second kappa shape index (κ2) is 7.58. The molecule has 1 heterocycles. The Morgan fingerprint density at radius 3 is 2.57 bits per heavy atom. The van der Waals surface area contributed by atoms with Crippen molar-refractivity contribution < 1.29 is 14.3 Å². The number of ether oxygens (including phenoxy) is 1. The molecule has 0 aliphatic heterocycles. The number of imidazole rings is 1. The molecule has 2 rings (SSSR count). The van der Waals surface area contributed by atoms with Gasteiger partial charge in [0, 0.05) is 38.1 Å². The molecule has 0 radical (unpaired) electrons. The van der Waals surface area contributed by atoms with E-state index in [4.69, 9.17) is 0 Å². The Labute approximate surface area is 135 Å². The van der Waals surface area contributed by atoms with Gasteiger partial charge in [0.15, 0.2) is 0 Å². The number of carbonyl (C=O) groups is 2. The molecular weight excluding hydrogens is 294 g/mol. The summed E-state index contributed by atoms with van der Waals surface area (Å²) >= 11 is 0. The van der Waals surface area contributed by atoms with Gasteiger partial charge in [0.05, 0.1) is 19.4 Å². The highest BCUT2D eigenvalue weighted by molar-refractivity contribution is 5.94. The van der Waals surface area contributed by atoms with E-state index in [0.717, 1.165) is 5.56 Å². The van der Waals surface area contributed by atoms with Crippen LogP contribution in [0.2, 0.25) is 0 Å². The van der Waals surface area contributed by atoms with Crippen LogP contribution in [0.15, 0.2) is 43.0 Å². The minimum absolute atomic E-state index is 0.116. The largest absolute Gasteiger partial charge is 0.469 e. The van der Waals surface area contributed by atoms with Crippen molar-refractivity contribution in [3.05, 3.63) is 54.1 Å². The maximum absolute atomic E-state index is 12.4. The molecule has 1 aromatic heterocycles. The molecule has 0 N–H and O–H groups in total. The van der Waals surface area contributed by atoms with Gasteiger partial charge in [-0.25, -0.2) is 4.98 Å². The molecule has 1 atom stereocenters. The van der Waals surface area contributed by atoms with Crippen LogP contribution in [0.4, 0.5) is 0 Å². The van der Waals surface area contributed by atoms with Crippen molar-refractivity contribution >= 4 is 11.9 Å². The van der Waals surface area contributed by atoms with Crippen molar-refractivity contribution in [1.29, 1.82) is 0 Å². The minimum Gasteiger partial charge on any atom is -0.469 e. The Hall–Kier alpha value is -2.63. The van der Waals surface area contributed by atoms with Crippen LogP contribution >= 0.6 is 0 Å². The van der Waals surface area contributed by atoms with Gasteiger partial charge in [0.25, 0.3) is 5.91 Å². The Kier molecular flexibility index (Phi) is 5.51. The molecule has 1 unspecified atom stereocenters. The van der Waals surface area contributed by atoms with Crippen LogP contribution < -0.4 is 0 Å². The lowest BCUT2D eigenvalue weighted by Gasteiger charge is -2.20. The summed E-state index contributed by atoms with van der Waals surface area (Å²) in [5.74, 6) is -0.787. The second-order valence-electron chi connectivity index (χ2n) is 5.54. The lowest BCUT2D eigenvalue weighted by molar-refractivity contribution is -0.145. The van der Waals surface area contributed by atoms with Crippen LogP contribution in [0.1, 0.15) is 22.8 Å². The monoisotopic (exact) mass is 315 g/mol. The van der Waals surface area contributed by atoms with Crippen LogP contribution in [0, 0.1) is 5.92 Å². The van der Waals surface area contributed by atoms with Crippen LogP contribution in [-0.2, 0) is 16.1 Å². The number of hydrogen-bond donors (Lipinski definition) is 0. The fourth-order valence-electron chi connectivity index (χ4n) is 2.33. The summed E-state index contributed by atoms with van der Waals surface area (Å²) in [6, 6.07) is 7.44. The molecule has 23 heavy (non-hydrogen) atoms. The molecule has 0 saturated carbocycles. The molecular formula is C17H21N3O3. The summed E-state index contributed by atoms with van der Waals surface area (Å²) < 4.78 is 6.64. The summed E-state index contributed by atoms with van der Waals surface area (Å²) in [6.07, 6.45) is 5.37. The van der Waals surface area contributed by atoms with E-state index < -0.39 is 0 Å². The molecule has 0 spiro atoms. The standard InChI is InChI=1S/C17H21N3O3/c1-13(17(22)23-3)10-19(2)16(21)15-6-4-14(5-7-15)11-20-9-8-18-12-20/h4-9,12-13H,10-11H2,1-3H3. The molecule has 122 valence electrons.